The first-order valence-corrected chi connectivity index (χ1v) is 9.38. The van der Waals surface area contributed by atoms with Crippen molar-refractivity contribution in [3.05, 3.63) is 64.1 Å². The Morgan fingerprint density at radius 1 is 1.15 bits per heavy atom. The molecule has 1 heterocycles. The number of halogens is 2. The van der Waals surface area contributed by atoms with E-state index in [4.69, 9.17) is 29.0 Å². The number of rotatable bonds is 6. The number of benzene rings is 2. The third-order valence-corrected chi connectivity index (χ3v) is 5.06. The van der Waals surface area contributed by atoms with Gasteiger partial charge in [0.2, 0.25) is 11.1 Å². The number of carbonyl (C=O) groups is 1. The van der Waals surface area contributed by atoms with Gasteiger partial charge in [0, 0.05) is 22.2 Å². The molecule has 0 aliphatic carbocycles. The number of hydrogen-bond acceptors (Lipinski definition) is 5. The molecule has 26 heavy (non-hydrogen) atoms. The zero-order valence-electron chi connectivity index (χ0n) is 13.5. The summed E-state index contributed by atoms with van der Waals surface area (Å²) in [5.74, 6) is 6.52. The summed E-state index contributed by atoms with van der Waals surface area (Å²) in [6.07, 6.45) is 0. The fourth-order valence-electron chi connectivity index (χ4n) is 2.22. The van der Waals surface area contributed by atoms with Crippen molar-refractivity contribution < 1.29 is 4.79 Å². The molecular weight excluding hydrogens is 393 g/mol. The lowest BCUT2D eigenvalue weighted by atomic mass is 10.2. The number of nitrogens with zero attached hydrogens (tertiary/aromatic N) is 3. The fraction of sp³-hybridized carbons (Fsp3) is 0.118. The van der Waals surface area contributed by atoms with Gasteiger partial charge in [-0.1, -0.05) is 65.3 Å². The number of aromatic nitrogens is 3. The summed E-state index contributed by atoms with van der Waals surface area (Å²) < 4.78 is 1.34. The molecule has 2 aromatic carbocycles. The van der Waals surface area contributed by atoms with Gasteiger partial charge < -0.3 is 11.2 Å². The third-order valence-electron chi connectivity index (χ3n) is 3.51. The number of thioether (sulfide) groups is 1. The van der Waals surface area contributed by atoms with Crippen molar-refractivity contribution in [2.75, 3.05) is 11.6 Å². The minimum absolute atomic E-state index is 0.151. The van der Waals surface area contributed by atoms with E-state index in [1.54, 1.807) is 24.3 Å². The molecule has 0 aliphatic rings. The maximum absolute atomic E-state index is 12.0. The highest BCUT2D eigenvalue weighted by Gasteiger charge is 2.14. The molecule has 0 saturated heterocycles. The molecule has 1 amide bonds. The molecule has 0 fully saturated rings. The molecule has 0 atom stereocenters. The number of amides is 1. The van der Waals surface area contributed by atoms with Gasteiger partial charge in [0.05, 0.1) is 5.75 Å². The number of nitrogens with two attached hydrogens (primary N) is 1. The molecular formula is C17H15Cl2N5OS. The second-order valence-electron chi connectivity index (χ2n) is 5.34. The van der Waals surface area contributed by atoms with E-state index in [0.29, 0.717) is 27.6 Å². The monoisotopic (exact) mass is 407 g/mol. The number of carbonyl (C=O) groups excluding carboxylic acids is 1. The molecule has 3 rings (SSSR count). The largest absolute Gasteiger partial charge is 0.351 e. The van der Waals surface area contributed by atoms with Gasteiger partial charge in [-0.15, -0.1) is 10.2 Å². The summed E-state index contributed by atoms with van der Waals surface area (Å²) >= 11 is 13.3. The molecule has 0 unspecified atom stereocenters. The van der Waals surface area contributed by atoms with Crippen molar-refractivity contribution in [3.8, 4) is 11.4 Å². The van der Waals surface area contributed by atoms with Crippen LogP contribution in [0.5, 0.6) is 0 Å². The maximum atomic E-state index is 12.0. The zero-order valence-corrected chi connectivity index (χ0v) is 15.9. The predicted molar refractivity (Wildman–Crippen MR) is 105 cm³/mol. The Balaban J connectivity index is 1.58. The molecule has 1 aromatic heterocycles. The Morgan fingerprint density at radius 2 is 1.96 bits per heavy atom. The minimum atomic E-state index is -0.151. The molecule has 3 N–H and O–H groups in total. The Bertz CT molecular complexity index is 931. The van der Waals surface area contributed by atoms with Gasteiger partial charge in [-0.25, -0.2) is 4.68 Å². The first-order chi connectivity index (χ1) is 12.5. The van der Waals surface area contributed by atoms with Crippen LogP contribution in [0.4, 0.5) is 0 Å². The molecule has 9 heteroatoms. The van der Waals surface area contributed by atoms with E-state index in [9.17, 15) is 4.79 Å². The summed E-state index contributed by atoms with van der Waals surface area (Å²) in [7, 11) is 0. The maximum Gasteiger partial charge on any atom is 0.230 e. The number of nitrogens with one attached hydrogen (secondary N) is 1. The quantitative estimate of drug-likeness (QED) is 0.483. The number of nitrogen functional groups attached to an aromatic ring is 1. The van der Waals surface area contributed by atoms with Crippen molar-refractivity contribution in [2.24, 2.45) is 0 Å². The Labute approximate surface area is 164 Å². The van der Waals surface area contributed by atoms with Crippen LogP contribution in [-0.2, 0) is 11.3 Å². The van der Waals surface area contributed by atoms with Gasteiger partial charge in [-0.05, 0) is 23.8 Å². The van der Waals surface area contributed by atoms with Crippen LogP contribution < -0.4 is 11.2 Å². The molecule has 0 bridgehead atoms. The van der Waals surface area contributed by atoms with Crippen molar-refractivity contribution in [2.45, 2.75) is 11.7 Å². The van der Waals surface area contributed by atoms with Gasteiger partial charge in [0.15, 0.2) is 5.82 Å². The second-order valence-corrected chi connectivity index (χ2v) is 7.13. The topological polar surface area (TPSA) is 85.8 Å². The van der Waals surface area contributed by atoms with E-state index in [1.807, 2.05) is 24.3 Å². The smallest absolute Gasteiger partial charge is 0.230 e. The van der Waals surface area contributed by atoms with E-state index in [0.717, 1.165) is 11.1 Å². The van der Waals surface area contributed by atoms with Crippen molar-refractivity contribution in [1.82, 2.24) is 20.2 Å². The van der Waals surface area contributed by atoms with E-state index < -0.39 is 0 Å². The predicted octanol–water partition coefficient (Wildman–Crippen LogP) is 3.37. The molecule has 0 aliphatic heterocycles. The van der Waals surface area contributed by atoms with Crippen LogP contribution in [0.2, 0.25) is 10.0 Å². The SMILES string of the molecule is Nn1c(SCC(=O)NCc2ccccc2Cl)nnc1-c1cccc(Cl)c1. The van der Waals surface area contributed by atoms with Gasteiger partial charge in [-0.3, -0.25) is 4.79 Å². The van der Waals surface area contributed by atoms with E-state index in [-0.39, 0.29) is 11.7 Å². The Kier molecular flexibility index (Phi) is 6.03. The van der Waals surface area contributed by atoms with Crippen LogP contribution in [0.1, 0.15) is 5.56 Å². The van der Waals surface area contributed by atoms with E-state index in [1.165, 1.54) is 16.4 Å². The van der Waals surface area contributed by atoms with Gasteiger partial charge in [-0.2, -0.15) is 0 Å². The normalized spacial score (nSPS) is 10.7. The van der Waals surface area contributed by atoms with Crippen LogP contribution in [0.3, 0.4) is 0 Å². The standard InChI is InChI=1S/C17H15Cl2N5OS/c18-13-6-3-5-11(8-13)16-22-23-17(24(16)20)26-10-15(25)21-9-12-4-1-2-7-14(12)19/h1-8H,9-10,20H2,(H,21,25). The first-order valence-electron chi connectivity index (χ1n) is 7.64. The summed E-state index contributed by atoms with van der Waals surface area (Å²) in [5.41, 5.74) is 1.61. The lowest BCUT2D eigenvalue weighted by molar-refractivity contribution is -0.118. The number of hydrogen-bond donors (Lipinski definition) is 2. The Hall–Kier alpha value is -2.22. The average Bonchev–Trinajstić information content (AvgIpc) is 3.00. The summed E-state index contributed by atoms with van der Waals surface area (Å²) in [6, 6.07) is 14.5. The molecule has 3 aromatic rings. The lowest BCUT2D eigenvalue weighted by Gasteiger charge is -2.07. The minimum Gasteiger partial charge on any atom is -0.351 e. The van der Waals surface area contributed by atoms with Crippen molar-refractivity contribution >= 4 is 40.9 Å². The van der Waals surface area contributed by atoms with Crippen LogP contribution in [0.15, 0.2) is 53.7 Å². The van der Waals surface area contributed by atoms with Crippen molar-refractivity contribution in [1.29, 1.82) is 0 Å². The highest BCUT2D eigenvalue weighted by molar-refractivity contribution is 7.99. The highest BCUT2D eigenvalue weighted by Crippen LogP contribution is 2.23. The first kappa shape index (κ1) is 18.6. The van der Waals surface area contributed by atoms with Gasteiger partial charge >= 0.3 is 0 Å². The fourth-order valence-corrected chi connectivity index (χ4v) is 3.30. The summed E-state index contributed by atoms with van der Waals surface area (Å²) in [5, 5.41) is 12.6. The Morgan fingerprint density at radius 3 is 2.73 bits per heavy atom. The molecule has 0 radical (unpaired) electrons. The zero-order chi connectivity index (χ0) is 18.5. The lowest BCUT2D eigenvalue weighted by Crippen LogP contribution is -2.25. The average molecular weight is 408 g/mol. The summed E-state index contributed by atoms with van der Waals surface area (Å²) in [4.78, 5) is 12.0. The van der Waals surface area contributed by atoms with E-state index >= 15 is 0 Å². The van der Waals surface area contributed by atoms with Gasteiger partial charge in [0.1, 0.15) is 0 Å². The molecule has 0 saturated carbocycles. The van der Waals surface area contributed by atoms with Crippen LogP contribution in [0, 0.1) is 0 Å². The van der Waals surface area contributed by atoms with Crippen LogP contribution >= 0.6 is 35.0 Å². The highest BCUT2D eigenvalue weighted by atomic mass is 35.5. The van der Waals surface area contributed by atoms with Crippen LogP contribution in [0.25, 0.3) is 11.4 Å². The summed E-state index contributed by atoms with van der Waals surface area (Å²) in [6.45, 7) is 0.363. The van der Waals surface area contributed by atoms with Gasteiger partial charge in [0.25, 0.3) is 0 Å². The van der Waals surface area contributed by atoms with E-state index in [2.05, 4.69) is 15.5 Å². The molecule has 0 spiro atoms. The second kappa shape index (κ2) is 8.44. The van der Waals surface area contributed by atoms with Crippen molar-refractivity contribution in [3.63, 3.8) is 0 Å². The van der Waals surface area contributed by atoms with Crippen LogP contribution in [-0.4, -0.2) is 26.5 Å². The molecule has 6 nitrogen and oxygen atoms in total. The molecule has 134 valence electrons. The third kappa shape index (κ3) is 4.49.